The van der Waals surface area contributed by atoms with E-state index in [1.807, 2.05) is 0 Å². The summed E-state index contributed by atoms with van der Waals surface area (Å²) < 4.78 is 9.95. The molecule has 9 nitrogen and oxygen atoms in total. The minimum Gasteiger partial charge on any atom is -0.481 e. The summed E-state index contributed by atoms with van der Waals surface area (Å²) in [5, 5.41) is 45.9. The van der Waals surface area contributed by atoms with Gasteiger partial charge in [-0.15, -0.1) is 0 Å². The van der Waals surface area contributed by atoms with Gasteiger partial charge in [-0.2, -0.15) is 0 Å². The zero-order chi connectivity index (χ0) is 15.3. The first-order valence-electron chi connectivity index (χ1n) is 6.02. The van der Waals surface area contributed by atoms with Gasteiger partial charge in [-0.1, -0.05) is 0 Å². The molecule has 0 aromatic heterocycles. The lowest BCUT2D eigenvalue weighted by atomic mass is 9.99. The number of ketones is 1. The van der Waals surface area contributed by atoms with Crippen molar-refractivity contribution >= 4 is 11.8 Å². The lowest BCUT2D eigenvalue weighted by Gasteiger charge is -2.39. The van der Waals surface area contributed by atoms with Crippen LogP contribution in [-0.4, -0.2) is 81.2 Å². The Morgan fingerprint density at radius 3 is 2.25 bits per heavy atom. The molecule has 5 atom stereocenters. The van der Waals surface area contributed by atoms with Crippen molar-refractivity contribution in [3.8, 4) is 0 Å². The van der Waals surface area contributed by atoms with E-state index in [4.69, 9.17) is 19.7 Å². The van der Waals surface area contributed by atoms with Crippen LogP contribution in [0, 0.1) is 0 Å². The highest BCUT2D eigenvalue weighted by atomic mass is 16.7. The number of aliphatic carboxylic acids is 1. The van der Waals surface area contributed by atoms with Crippen LogP contribution in [0.3, 0.4) is 0 Å². The van der Waals surface area contributed by atoms with E-state index in [9.17, 15) is 24.9 Å². The van der Waals surface area contributed by atoms with Crippen molar-refractivity contribution in [1.82, 2.24) is 0 Å². The van der Waals surface area contributed by atoms with Crippen LogP contribution in [0.2, 0.25) is 0 Å². The molecular weight excluding hydrogens is 276 g/mol. The third-order valence-electron chi connectivity index (χ3n) is 2.87. The summed E-state index contributed by atoms with van der Waals surface area (Å²) in [6.45, 7) is -1.10. The second kappa shape index (κ2) is 7.62. The number of carboxylic acids is 1. The normalized spacial score (nSPS) is 33.9. The summed E-state index contributed by atoms with van der Waals surface area (Å²) in [5.41, 5.74) is 0. The minimum absolute atomic E-state index is 0.229. The van der Waals surface area contributed by atoms with Gasteiger partial charge in [0.2, 0.25) is 0 Å². The Bertz CT molecular complexity index is 343. The number of hydrogen-bond donors (Lipinski definition) is 5. The molecule has 0 saturated carbocycles. The molecule has 0 aliphatic carbocycles. The number of carbonyl (C=O) groups excluding carboxylic acids is 1. The van der Waals surface area contributed by atoms with E-state index in [2.05, 4.69) is 0 Å². The summed E-state index contributed by atoms with van der Waals surface area (Å²) in [6.07, 6.45) is -7.74. The first kappa shape index (κ1) is 17.0. The maximum Gasteiger partial charge on any atom is 0.303 e. The molecule has 1 heterocycles. The summed E-state index contributed by atoms with van der Waals surface area (Å²) in [4.78, 5) is 21.6. The molecule has 116 valence electrons. The van der Waals surface area contributed by atoms with Crippen molar-refractivity contribution in [3.05, 3.63) is 0 Å². The molecular formula is C11H18O9. The number of Topliss-reactive ketones (excluding diaryl/α,β-unsaturated/α-hetero) is 1. The fourth-order valence-electron chi connectivity index (χ4n) is 1.70. The van der Waals surface area contributed by atoms with Crippen molar-refractivity contribution in [2.24, 2.45) is 0 Å². The number of ether oxygens (including phenoxy) is 2. The Labute approximate surface area is 114 Å². The topological polar surface area (TPSA) is 154 Å². The van der Waals surface area contributed by atoms with Crippen molar-refractivity contribution in [2.75, 3.05) is 13.2 Å². The van der Waals surface area contributed by atoms with Crippen LogP contribution < -0.4 is 0 Å². The van der Waals surface area contributed by atoms with E-state index in [-0.39, 0.29) is 12.8 Å². The van der Waals surface area contributed by atoms with Gasteiger partial charge in [-0.25, -0.2) is 0 Å². The molecule has 0 unspecified atom stereocenters. The molecule has 1 aliphatic heterocycles. The smallest absolute Gasteiger partial charge is 0.303 e. The van der Waals surface area contributed by atoms with Crippen LogP contribution in [-0.2, 0) is 19.1 Å². The molecule has 1 fully saturated rings. The summed E-state index contributed by atoms with van der Waals surface area (Å²) >= 11 is 0. The first-order chi connectivity index (χ1) is 9.36. The highest BCUT2D eigenvalue weighted by Gasteiger charge is 2.44. The molecule has 1 aliphatic rings. The van der Waals surface area contributed by atoms with Crippen LogP contribution in [0.15, 0.2) is 0 Å². The van der Waals surface area contributed by atoms with Gasteiger partial charge in [0.05, 0.1) is 13.0 Å². The van der Waals surface area contributed by atoms with Gasteiger partial charge in [0, 0.05) is 6.42 Å². The van der Waals surface area contributed by atoms with E-state index in [0.29, 0.717) is 0 Å². The van der Waals surface area contributed by atoms with E-state index < -0.39 is 55.7 Å². The highest BCUT2D eigenvalue weighted by molar-refractivity contribution is 5.83. The SMILES string of the molecule is O=C(O)CCC(=O)CO[C@H]1O[C@H](CO)[C@@H](O)[C@H](O)[C@H]1O. The predicted octanol–water partition coefficient (Wildman–Crippen LogP) is -2.76. The van der Waals surface area contributed by atoms with Gasteiger partial charge < -0.3 is 35.0 Å². The van der Waals surface area contributed by atoms with Crippen molar-refractivity contribution in [2.45, 2.75) is 43.5 Å². The molecule has 0 bridgehead atoms. The Hall–Kier alpha value is -1.10. The maximum atomic E-state index is 11.3. The van der Waals surface area contributed by atoms with Crippen LogP contribution in [0.5, 0.6) is 0 Å². The third-order valence-corrected chi connectivity index (χ3v) is 2.87. The Kier molecular flexibility index (Phi) is 6.46. The Morgan fingerprint density at radius 1 is 1.05 bits per heavy atom. The van der Waals surface area contributed by atoms with Crippen molar-refractivity contribution in [3.63, 3.8) is 0 Å². The quantitative estimate of drug-likeness (QED) is 0.336. The zero-order valence-electron chi connectivity index (χ0n) is 10.6. The van der Waals surface area contributed by atoms with Crippen molar-refractivity contribution < 1.29 is 44.6 Å². The average molecular weight is 294 g/mol. The lowest BCUT2D eigenvalue weighted by Crippen LogP contribution is -2.59. The number of hydrogen-bond acceptors (Lipinski definition) is 8. The predicted molar refractivity (Wildman–Crippen MR) is 61.6 cm³/mol. The largest absolute Gasteiger partial charge is 0.481 e. The highest BCUT2D eigenvalue weighted by Crippen LogP contribution is 2.21. The number of aliphatic hydroxyl groups is 4. The van der Waals surface area contributed by atoms with E-state index >= 15 is 0 Å². The molecule has 1 saturated heterocycles. The van der Waals surface area contributed by atoms with Gasteiger partial charge >= 0.3 is 5.97 Å². The average Bonchev–Trinajstić information content (AvgIpc) is 2.42. The van der Waals surface area contributed by atoms with Crippen molar-refractivity contribution in [1.29, 1.82) is 0 Å². The van der Waals surface area contributed by atoms with Crippen LogP contribution >= 0.6 is 0 Å². The monoisotopic (exact) mass is 294 g/mol. The molecule has 20 heavy (non-hydrogen) atoms. The molecule has 0 radical (unpaired) electrons. The second-order valence-electron chi connectivity index (χ2n) is 4.44. The zero-order valence-corrected chi connectivity index (χ0v) is 10.6. The van der Waals surface area contributed by atoms with Gasteiger partial charge in [0.25, 0.3) is 0 Å². The lowest BCUT2D eigenvalue weighted by molar-refractivity contribution is -0.299. The first-order valence-corrected chi connectivity index (χ1v) is 6.02. The third kappa shape index (κ3) is 4.47. The number of carbonyl (C=O) groups is 2. The molecule has 0 aromatic rings. The molecule has 0 spiro atoms. The maximum absolute atomic E-state index is 11.3. The fraction of sp³-hybridized carbons (Fsp3) is 0.818. The van der Waals surface area contributed by atoms with E-state index in [0.717, 1.165) is 0 Å². The Balaban J connectivity index is 2.46. The molecule has 1 rings (SSSR count). The van der Waals surface area contributed by atoms with Gasteiger partial charge in [-0.05, 0) is 0 Å². The number of aliphatic hydroxyl groups excluding tert-OH is 4. The fourth-order valence-corrected chi connectivity index (χ4v) is 1.70. The number of carboxylic acid groups (broad SMARTS) is 1. The van der Waals surface area contributed by atoms with E-state index in [1.54, 1.807) is 0 Å². The molecule has 0 aromatic carbocycles. The molecule has 0 amide bonds. The van der Waals surface area contributed by atoms with Gasteiger partial charge in [0.15, 0.2) is 12.1 Å². The second-order valence-corrected chi connectivity index (χ2v) is 4.44. The minimum atomic E-state index is -1.58. The van der Waals surface area contributed by atoms with Crippen LogP contribution in [0.25, 0.3) is 0 Å². The summed E-state index contributed by atoms with van der Waals surface area (Å²) in [7, 11) is 0. The molecule has 5 N–H and O–H groups in total. The van der Waals surface area contributed by atoms with Crippen LogP contribution in [0.1, 0.15) is 12.8 Å². The standard InChI is InChI=1S/C11H18O9/c12-3-6-8(16)9(17)10(18)11(20-6)19-4-5(13)1-2-7(14)15/h6,8-12,16-18H,1-4H2,(H,14,15)/t6-,8-,9+,10-,11+/m1/s1. The number of rotatable bonds is 7. The van der Waals surface area contributed by atoms with Gasteiger partial charge in [0.1, 0.15) is 31.0 Å². The molecule has 9 heteroatoms. The summed E-state index contributed by atoms with van der Waals surface area (Å²) in [6, 6.07) is 0. The Morgan fingerprint density at radius 2 is 1.70 bits per heavy atom. The van der Waals surface area contributed by atoms with E-state index in [1.165, 1.54) is 0 Å². The van der Waals surface area contributed by atoms with Crippen LogP contribution in [0.4, 0.5) is 0 Å². The summed E-state index contributed by atoms with van der Waals surface area (Å²) in [5.74, 6) is -1.63. The van der Waals surface area contributed by atoms with Gasteiger partial charge in [-0.3, -0.25) is 9.59 Å².